The molecular weight excluding hydrogens is 364 g/mol. The molecule has 24 heavy (non-hydrogen) atoms. The molecule has 1 saturated carbocycles. The summed E-state index contributed by atoms with van der Waals surface area (Å²) in [6.07, 6.45) is 2.93. The molecule has 5 heteroatoms. The van der Waals surface area contributed by atoms with E-state index >= 15 is 0 Å². The van der Waals surface area contributed by atoms with Crippen LogP contribution in [0.2, 0.25) is 0 Å². The molecule has 1 aliphatic rings. The van der Waals surface area contributed by atoms with E-state index in [9.17, 15) is 0 Å². The Bertz CT molecular complexity index is 922. The van der Waals surface area contributed by atoms with Crippen molar-refractivity contribution in [2.45, 2.75) is 25.2 Å². The smallest absolute Gasteiger partial charge is 0.132 e. The number of rotatable bonds is 3. The van der Waals surface area contributed by atoms with Gasteiger partial charge < -0.3 is 4.90 Å². The van der Waals surface area contributed by atoms with Gasteiger partial charge in [-0.15, -0.1) is 0 Å². The summed E-state index contributed by atoms with van der Waals surface area (Å²) in [5, 5.41) is 1.18. The molecular formula is C19H19BrN4. The highest BCUT2D eigenvalue weighted by molar-refractivity contribution is 9.10. The first-order chi connectivity index (χ1) is 11.5. The Morgan fingerprint density at radius 2 is 1.92 bits per heavy atom. The Morgan fingerprint density at radius 1 is 1.08 bits per heavy atom. The molecule has 4 rings (SSSR count). The molecule has 2 atom stereocenters. The standard InChI is InChI=1S/C19H19BrN4/c1-11-6-7-21-19(22-11)15-10-14(15)16-5-4-13-17(23-16)8-12(20)9-18(13)24(2)3/h4-9,14-15H,10H2,1-3H3/t14-,15-/m0/s1. The van der Waals surface area contributed by atoms with Gasteiger partial charge >= 0.3 is 0 Å². The number of aromatic nitrogens is 3. The van der Waals surface area contributed by atoms with Gasteiger partial charge in [0.05, 0.1) is 5.52 Å². The first kappa shape index (κ1) is 15.5. The van der Waals surface area contributed by atoms with E-state index in [0.717, 1.165) is 33.6 Å². The summed E-state index contributed by atoms with van der Waals surface area (Å²) >= 11 is 3.60. The second-order valence-electron chi connectivity index (χ2n) is 6.63. The van der Waals surface area contributed by atoms with Gasteiger partial charge in [-0.2, -0.15) is 0 Å². The number of pyridine rings is 1. The third-order valence-corrected chi connectivity index (χ3v) is 5.03. The lowest BCUT2D eigenvalue weighted by Crippen LogP contribution is -2.09. The number of hydrogen-bond donors (Lipinski definition) is 0. The fourth-order valence-electron chi connectivity index (χ4n) is 3.23. The minimum atomic E-state index is 0.398. The highest BCUT2D eigenvalue weighted by Gasteiger charge is 2.42. The van der Waals surface area contributed by atoms with Crippen molar-refractivity contribution >= 4 is 32.5 Å². The molecule has 0 bridgehead atoms. The van der Waals surface area contributed by atoms with E-state index in [2.05, 4.69) is 69.2 Å². The van der Waals surface area contributed by atoms with E-state index in [1.54, 1.807) is 0 Å². The molecule has 1 fully saturated rings. The normalized spacial score (nSPS) is 19.5. The Labute approximate surface area is 150 Å². The van der Waals surface area contributed by atoms with Gasteiger partial charge in [0.1, 0.15) is 5.82 Å². The molecule has 4 nitrogen and oxygen atoms in total. The van der Waals surface area contributed by atoms with Crippen molar-refractivity contribution in [3.05, 3.63) is 58.2 Å². The van der Waals surface area contributed by atoms with Crippen LogP contribution in [0.25, 0.3) is 10.9 Å². The number of benzene rings is 1. The first-order valence-electron chi connectivity index (χ1n) is 8.10. The molecule has 1 aliphatic carbocycles. The average molecular weight is 383 g/mol. The van der Waals surface area contributed by atoms with Crippen molar-refractivity contribution in [3.8, 4) is 0 Å². The van der Waals surface area contributed by atoms with E-state index < -0.39 is 0 Å². The van der Waals surface area contributed by atoms with Crippen LogP contribution in [-0.2, 0) is 0 Å². The lowest BCUT2D eigenvalue weighted by atomic mass is 10.1. The van der Waals surface area contributed by atoms with Crippen molar-refractivity contribution in [1.29, 1.82) is 0 Å². The highest BCUT2D eigenvalue weighted by atomic mass is 79.9. The van der Waals surface area contributed by atoms with Crippen LogP contribution < -0.4 is 4.90 Å². The van der Waals surface area contributed by atoms with Crippen LogP contribution in [0, 0.1) is 6.92 Å². The minimum Gasteiger partial charge on any atom is -0.377 e. The number of aryl methyl sites for hydroxylation is 1. The molecule has 3 aromatic rings. The molecule has 1 aromatic carbocycles. The summed E-state index contributed by atoms with van der Waals surface area (Å²) in [7, 11) is 4.11. The van der Waals surface area contributed by atoms with Gasteiger partial charge in [0, 0.05) is 59.1 Å². The van der Waals surface area contributed by atoms with E-state index in [1.807, 2.05) is 19.2 Å². The van der Waals surface area contributed by atoms with Crippen LogP contribution in [0.15, 0.2) is 41.0 Å². The lowest BCUT2D eigenvalue weighted by Gasteiger charge is -2.16. The number of fused-ring (bicyclic) bond motifs is 1. The van der Waals surface area contributed by atoms with E-state index in [1.165, 1.54) is 11.1 Å². The third kappa shape index (κ3) is 2.77. The van der Waals surface area contributed by atoms with Gasteiger partial charge in [-0.1, -0.05) is 15.9 Å². The fourth-order valence-corrected chi connectivity index (χ4v) is 3.66. The van der Waals surface area contributed by atoms with Gasteiger partial charge in [0.25, 0.3) is 0 Å². The molecule has 2 heterocycles. The summed E-state index contributed by atoms with van der Waals surface area (Å²) < 4.78 is 1.05. The zero-order valence-electron chi connectivity index (χ0n) is 14.0. The van der Waals surface area contributed by atoms with Crippen LogP contribution in [0.1, 0.15) is 35.5 Å². The minimum absolute atomic E-state index is 0.398. The average Bonchev–Trinajstić information content (AvgIpc) is 3.34. The second-order valence-corrected chi connectivity index (χ2v) is 7.54. The molecule has 0 N–H and O–H groups in total. The quantitative estimate of drug-likeness (QED) is 0.671. The number of anilines is 1. The van der Waals surface area contributed by atoms with Crippen molar-refractivity contribution in [1.82, 2.24) is 15.0 Å². The van der Waals surface area contributed by atoms with E-state index in [-0.39, 0.29) is 0 Å². The third-order valence-electron chi connectivity index (χ3n) is 4.57. The van der Waals surface area contributed by atoms with Crippen LogP contribution >= 0.6 is 15.9 Å². The summed E-state index contributed by atoms with van der Waals surface area (Å²) in [6.45, 7) is 2.01. The van der Waals surface area contributed by atoms with Crippen molar-refractivity contribution < 1.29 is 0 Å². The maximum atomic E-state index is 4.93. The zero-order valence-corrected chi connectivity index (χ0v) is 15.6. The molecule has 0 saturated heterocycles. The summed E-state index contributed by atoms with van der Waals surface area (Å²) in [6, 6.07) is 10.5. The predicted molar refractivity (Wildman–Crippen MR) is 101 cm³/mol. The number of nitrogens with zero attached hydrogens (tertiary/aromatic N) is 4. The number of halogens is 1. The van der Waals surface area contributed by atoms with Crippen LogP contribution in [-0.4, -0.2) is 29.0 Å². The van der Waals surface area contributed by atoms with Gasteiger partial charge in [-0.3, -0.25) is 4.98 Å². The van der Waals surface area contributed by atoms with E-state index in [4.69, 9.17) is 4.98 Å². The predicted octanol–water partition coefficient (Wildman–Crippen LogP) is 4.43. The van der Waals surface area contributed by atoms with Gasteiger partial charge in [-0.05, 0) is 43.7 Å². The summed E-state index contributed by atoms with van der Waals surface area (Å²) in [4.78, 5) is 16.1. The zero-order chi connectivity index (χ0) is 16.8. The second kappa shape index (κ2) is 5.81. The summed E-state index contributed by atoms with van der Waals surface area (Å²) in [5.41, 5.74) is 4.37. The SMILES string of the molecule is Cc1ccnc([C@H]2C[C@@H]2c2ccc3c(N(C)C)cc(Br)cc3n2)n1. The largest absolute Gasteiger partial charge is 0.377 e. The maximum Gasteiger partial charge on any atom is 0.132 e. The molecule has 0 spiro atoms. The Balaban J connectivity index is 1.69. The first-order valence-corrected chi connectivity index (χ1v) is 8.89. The molecule has 0 amide bonds. The molecule has 0 aliphatic heterocycles. The van der Waals surface area contributed by atoms with Crippen LogP contribution in [0.4, 0.5) is 5.69 Å². The molecule has 0 unspecified atom stereocenters. The van der Waals surface area contributed by atoms with Gasteiger partial charge in [0.15, 0.2) is 0 Å². The number of hydrogen-bond acceptors (Lipinski definition) is 4. The van der Waals surface area contributed by atoms with E-state index in [0.29, 0.717) is 11.8 Å². The van der Waals surface area contributed by atoms with Crippen LogP contribution in [0.5, 0.6) is 0 Å². The van der Waals surface area contributed by atoms with Crippen molar-refractivity contribution in [3.63, 3.8) is 0 Å². The van der Waals surface area contributed by atoms with Crippen molar-refractivity contribution in [2.75, 3.05) is 19.0 Å². The van der Waals surface area contributed by atoms with Crippen molar-refractivity contribution in [2.24, 2.45) is 0 Å². The topological polar surface area (TPSA) is 41.9 Å². The maximum absolute atomic E-state index is 4.93. The Hall–Kier alpha value is -2.01. The van der Waals surface area contributed by atoms with Crippen LogP contribution in [0.3, 0.4) is 0 Å². The lowest BCUT2D eigenvalue weighted by molar-refractivity contribution is 0.867. The summed E-state index contributed by atoms with van der Waals surface area (Å²) in [5.74, 6) is 1.78. The molecule has 122 valence electrons. The Morgan fingerprint density at radius 3 is 2.67 bits per heavy atom. The van der Waals surface area contributed by atoms with Gasteiger partial charge in [-0.25, -0.2) is 9.97 Å². The Kier molecular flexibility index (Phi) is 3.76. The van der Waals surface area contributed by atoms with Gasteiger partial charge in [0.2, 0.25) is 0 Å². The highest BCUT2D eigenvalue weighted by Crippen LogP contribution is 2.53. The molecule has 2 aromatic heterocycles. The monoisotopic (exact) mass is 382 g/mol. The molecule has 0 radical (unpaired) electrons. The fraction of sp³-hybridized carbons (Fsp3) is 0.316.